The molecule has 4 heterocycles. The minimum Gasteiger partial charge on any atom is -0.503 e. The molecule has 0 saturated heterocycles. The smallest absolute Gasteiger partial charge is 0.350 e. The molecule has 0 saturated carbocycles. The lowest BCUT2D eigenvalue weighted by molar-refractivity contribution is -0.117. The van der Waals surface area contributed by atoms with Gasteiger partial charge < -0.3 is 14.3 Å². The number of Topliss-reactive ketones (excluding diaryl/α,β-unsaturated/α-hetero) is 1. The molecule has 3 aromatic rings. The van der Waals surface area contributed by atoms with E-state index < -0.39 is 29.5 Å². The third-order valence-electron chi connectivity index (χ3n) is 4.74. The number of aliphatic hydroxyl groups excluding tert-OH is 1. The summed E-state index contributed by atoms with van der Waals surface area (Å²) in [5, 5.41) is 12.7. The van der Waals surface area contributed by atoms with Gasteiger partial charge in [0, 0.05) is 4.88 Å². The molecule has 0 radical (unpaired) electrons. The number of ether oxygens (including phenoxy) is 1. The Balaban J connectivity index is 1.78. The first-order chi connectivity index (χ1) is 15.3. The van der Waals surface area contributed by atoms with E-state index in [1.165, 1.54) is 28.4 Å². The Morgan fingerprint density at radius 2 is 2.12 bits per heavy atom. The largest absolute Gasteiger partial charge is 0.503 e. The topological polar surface area (TPSA) is 110 Å². The third-order valence-corrected chi connectivity index (χ3v) is 6.80. The Hall–Kier alpha value is -3.50. The number of thiophene rings is 1. The Morgan fingerprint density at radius 3 is 2.75 bits per heavy atom. The number of furan rings is 1. The Morgan fingerprint density at radius 1 is 1.34 bits per heavy atom. The molecule has 4 rings (SSSR count). The summed E-state index contributed by atoms with van der Waals surface area (Å²) in [5.41, 5.74) is 0.271. The summed E-state index contributed by atoms with van der Waals surface area (Å²) in [6, 6.07) is 5.75. The number of carbonyl (C=O) groups is 3. The molecule has 1 aliphatic rings. The van der Waals surface area contributed by atoms with Gasteiger partial charge in [-0.05, 0) is 37.4 Å². The SMILES string of the molecule is C=CCOC(=O)c1sc(N2C(=O)C(O)=C(C(=O)c3ccc(C)o3)C2c2cccs2)nc1C. The van der Waals surface area contributed by atoms with E-state index in [4.69, 9.17) is 9.15 Å². The van der Waals surface area contributed by atoms with Crippen molar-refractivity contribution in [3.05, 3.63) is 80.6 Å². The summed E-state index contributed by atoms with van der Waals surface area (Å²) < 4.78 is 10.5. The maximum atomic E-state index is 13.2. The van der Waals surface area contributed by atoms with E-state index in [1.807, 2.05) is 0 Å². The highest BCUT2D eigenvalue weighted by molar-refractivity contribution is 7.17. The van der Waals surface area contributed by atoms with Crippen molar-refractivity contribution in [3.63, 3.8) is 0 Å². The lowest BCUT2D eigenvalue weighted by Crippen LogP contribution is -2.30. The van der Waals surface area contributed by atoms with Crippen LogP contribution in [0.5, 0.6) is 0 Å². The first kappa shape index (κ1) is 21.7. The van der Waals surface area contributed by atoms with E-state index in [0.29, 0.717) is 16.3 Å². The van der Waals surface area contributed by atoms with Crippen LogP contribution in [0.2, 0.25) is 0 Å². The highest BCUT2D eigenvalue weighted by Crippen LogP contribution is 2.45. The molecule has 1 atom stereocenters. The summed E-state index contributed by atoms with van der Waals surface area (Å²) in [4.78, 5) is 45.1. The fraction of sp³-hybridized carbons (Fsp3) is 0.182. The number of ketones is 1. The van der Waals surface area contributed by atoms with Crippen molar-refractivity contribution >= 4 is 45.5 Å². The van der Waals surface area contributed by atoms with Gasteiger partial charge in [0.15, 0.2) is 16.7 Å². The van der Waals surface area contributed by atoms with Crippen molar-refractivity contribution < 1.29 is 28.6 Å². The second-order valence-electron chi connectivity index (χ2n) is 6.89. The van der Waals surface area contributed by atoms with Gasteiger partial charge in [0.1, 0.15) is 23.3 Å². The van der Waals surface area contributed by atoms with E-state index in [1.54, 1.807) is 37.4 Å². The number of rotatable bonds is 7. The van der Waals surface area contributed by atoms with Crippen molar-refractivity contribution in [1.82, 2.24) is 4.98 Å². The molecule has 164 valence electrons. The first-order valence-electron chi connectivity index (χ1n) is 9.50. The van der Waals surface area contributed by atoms with E-state index in [-0.39, 0.29) is 27.9 Å². The van der Waals surface area contributed by atoms with Crippen LogP contribution in [0.1, 0.15) is 42.6 Å². The molecular formula is C22H18N2O6S2. The lowest BCUT2D eigenvalue weighted by Gasteiger charge is -2.22. The van der Waals surface area contributed by atoms with Crippen molar-refractivity contribution in [2.24, 2.45) is 0 Å². The van der Waals surface area contributed by atoms with Crippen LogP contribution in [0.3, 0.4) is 0 Å². The molecule has 10 heteroatoms. The Kier molecular flexibility index (Phi) is 5.81. The van der Waals surface area contributed by atoms with Gasteiger partial charge in [-0.3, -0.25) is 14.5 Å². The number of carbonyl (C=O) groups excluding carboxylic acids is 3. The summed E-state index contributed by atoms with van der Waals surface area (Å²) in [5.74, 6) is -2.10. The molecule has 3 aromatic heterocycles. The highest BCUT2D eigenvalue weighted by Gasteiger charge is 2.47. The van der Waals surface area contributed by atoms with Crippen LogP contribution < -0.4 is 4.90 Å². The minimum absolute atomic E-state index is 0.0178. The molecule has 1 aliphatic heterocycles. The molecule has 1 amide bonds. The van der Waals surface area contributed by atoms with Gasteiger partial charge in [-0.2, -0.15) is 0 Å². The number of nitrogens with zero attached hydrogens (tertiary/aromatic N) is 2. The van der Waals surface area contributed by atoms with Crippen LogP contribution in [-0.4, -0.2) is 34.4 Å². The fourth-order valence-corrected chi connectivity index (χ4v) is 5.13. The van der Waals surface area contributed by atoms with Gasteiger partial charge in [0.25, 0.3) is 5.91 Å². The Bertz CT molecular complexity index is 1250. The van der Waals surface area contributed by atoms with E-state index in [0.717, 1.165) is 11.3 Å². The average Bonchev–Trinajstić information content (AvgIpc) is 3.54. The third kappa shape index (κ3) is 3.67. The quantitative estimate of drug-likeness (QED) is 0.307. The van der Waals surface area contributed by atoms with Crippen molar-refractivity contribution in [2.45, 2.75) is 19.9 Å². The van der Waals surface area contributed by atoms with Crippen molar-refractivity contribution in [1.29, 1.82) is 0 Å². The zero-order chi connectivity index (χ0) is 23.0. The lowest BCUT2D eigenvalue weighted by atomic mass is 10.0. The number of thiazole rings is 1. The number of hydrogen-bond donors (Lipinski definition) is 1. The van der Waals surface area contributed by atoms with Crippen molar-refractivity contribution in [2.75, 3.05) is 11.5 Å². The van der Waals surface area contributed by atoms with E-state index >= 15 is 0 Å². The van der Waals surface area contributed by atoms with Gasteiger partial charge >= 0.3 is 5.97 Å². The average molecular weight is 471 g/mol. The molecular weight excluding hydrogens is 452 g/mol. The molecule has 0 aromatic carbocycles. The number of anilines is 1. The number of aromatic nitrogens is 1. The van der Waals surface area contributed by atoms with Gasteiger partial charge in [0.05, 0.1) is 11.3 Å². The zero-order valence-corrected chi connectivity index (χ0v) is 18.8. The van der Waals surface area contributed by atoms with Crippen molar-refractivity contribution in [3.8, 4) is 0 Å². The second-order valence-corrected chi connectivity index (χ2v) is 8.85. The second kappa shape index (κ2) is 8.56. The van der Waals surface area contributed by atoms with Crippen LogP contribution in [-0.2, 0) is 9.53 Å². The van der Waals surface area contributed by atoms with Crippen LogP contribution >= 0.6 is 22.7 Å². The van der Waals surface area contributed by atoms with Gasteiger partial charge in [-0.1, -0.05) is 30.1 Å². The zero-order valence-electron chi connectivity index (χ0n) is 17.2. The fourth-order valence-electron chi connectivity index (χ4n) is 3.31. The molecule has 32 heavy (non-hydrogen) atoms. The monoisotopic (exact) mass is 470 g/mol. The number of aryl methyl sites for hydroxylation is 2. The predicted molar refractivity (Wildman–Crippen MR) is 119 cm³/mol. The maximum absolute atomic E-state index is 13.2. The van der Waals surface area contributed by atoms with Crippen LogP contribution in [0, 0.1) is 13.8 Å². The normalized spacial score (nSPS) is 16.0. The molecule has 0 spiro atoms. The van der Waals surface area contributed by atoms with E-state index in [2.05, 4.69) is 11.6 Å². The highest BCUT2D eigenvalue weighted by atomic mass is 32.1. The molecule has 8 nitrogen and oxygen atoms in total. The van der Waals surface area contributed by atoms with Gasteiger partial charge in [-0.25, -0.2) is 9.78 Å². The minimum atomic E-state index is -0.914. The maximum Gasteiger partial charge on any atom is 0.350 e. The molecule has 0 bridgehead atoms. The first-order valence-corrected chi connectivity index (χ1v) is 11.2. The predicted octanol–water partition coefficient (Wildman–Crippen LogP) is 4.54. The summed E-state index contributed by atoms with van der Waals surface area (Å²) >= 11 is 2.28. The number of aliphatic hydroxyl groups is 1. The molecule has 0 aliphatic carbocycles. The van der Waals surface area contributed by atoms with Gasteiger partial charge in [-0.15, -0.1) is 11.3 Å². The van der Waals surface area contributed by atoms with Crippen LogP contribution in [0.25, 0.3) is 0 Å². The molecule has 1 unspecified atom stereocenters. The Labute approximate surface area is 191 Å². The number of amides is 1. The molecule has 1 N–H and O–H groups in total. The van der Waals surface area contributed by atoms with Crippen LogP contribution in [0.15, 0.2) is 58.0 Å². The standard InChI is InChI=1S/C22H18N2O6S2/c1-4-9-29-21(28)19-12(3)23-22(32-19)24-16(14-6-5-10-31-14)15(18(26)20(24)27)17(25)13-8-7-11(2)30-13/h4-8,10,16,26H,1,9H2,2-3H3. The summed E-state index contributed by atoms with van der Waals surface area (Å²) in [6.45, 7) is 6.86. The summed E-state index contributed by atoms with van der Waals surface area (Å²) in [6.07, 6.45) is 1.45. The van der Waals surface area contributed by atoms with E-state index in [9.17, 15) is 19.5 Å². The number of esters is 1. The van der Waals surface area contributed by atoms with Gasteiger partial charge in [0.2, 0.25) is 5.78 Å². The van der Waals surface area contributed by atoms with Crippen LogP contribution in [0.4, 0.5) is 5.13 Å². The summed E-state index contributed by atoms with van der Waals surface area (Å²) in [7, 11) is 0. The number of hydrogen-bond acceptors (Lipinski definition) is 9. The molecule has 0 fully saturated rings.